The van der Waals surface area contributed by atoms with Crippen molar-refractivity contribution in [2.45, 2.75) is 32.8 Å². The Hall–Kier alpha value is -1.11. The molecule has 16 heavy (non-hydrogen) atoms. The van der Waals surface area contributed by atoms with Gasteiger partial charge in [-0.2, -0.15) is 5.26 Å². The van der Waals surface area contributed by atoms with Crippen LogP contribution in [0.5, 0.6) is 0 Å². The van der Waals surface area contributed by atoms with E-state index in [-0.39, 0.29) is 0 Å². The van der Waals surface area contributed by atoms with Crippen LogP contribution in [0.4, 0.5) is 0 Å². The number of hydrogen-bond acceptors (Lipinski definition) is 3. The highest BCUT2D eigenvalue weighted by atomic mass is 35.5. The molecular formula is C12H13ClN2O. The molecule has 1 aliphatic heterocycles. The van der Waals surface area contributed by atoms with Crippen LogP contribution in [0.2, 0.25) is 5.15 Å². The normalized spacial score (nSPS) is 14.3. The Balaban J connectivity index is 2.60. The van der Waals surface area contributed by atoms with Gasteiger partial charge in [0, 0.05) is 12.0 Å². The van der Waals surface area contributed by atoms with E-state index in [2.05, 4.69) is 18.0 Å². The Morgan fingerprint density at radius 3 is 3.06 bits per heavy atom. The predicted octanol–water partition coefficient (Wildman–Crippen LogP) is 2.63. The van der Waals surface area contributed by atoms with Crippen molar-refractivity contribution >= 4 is 11.6 Å². The van der Waals surface area contributed by atoms with Gasteiger partial charge in [0.25, 0.3) is 0 Å². The molecule has 0 spiro atoms. The highest BCUT2D eigenvalue weighted by Gasteiger charge is 2.20. The number of ether oxygens (including phenoxy) is 1. The first-order valence-corrected chi connectivity index (χ1v) is 5.83. The highest BCUT2D eigenvalue weighted by molar-refractivity contribution is 6.30. The highest BCUT2D eigenvalue weighted by Crippen LogP contribution is 2.28. The molecule has 0 aliphatic carbocycles. The SMILES string of the molecule is CCCc1c(C#N)c(Cl)nc2c1COCC2. The van der Waals surface area contributed by atoms with Crippen molar-refractivity contribution in [3.05, 3.63) is 27.5 Å². The Morgan fingerprint density at radius 1 is 1.56 bits per heavy atom. The van der Waals surface area contributed by atoms with Gasteiger partial charge < -0.3 is 4.74 Å². The summed E-state index contributed by atoms with van der Waals surface area (Å²) in [4.78, 5) is 4.29. The number of fused-ring (bicyclic) bond motifs is 1. The molecule has 1 aliphatic rings. The summed E-state index contributed by atoms with van der Waals surface area (Å²) >= 11 is 6.03. The first-order valence-electron chi connectivity index (χ1n) is 5.45. The van der Waals surface area contributed by atoms with Crippen molar-refractivity contribution in [1.29, 1.82) is 5.26 Å². The van der Waals surface area contributed by atoms with Crippen LogP contribution >= 0.6 is 11.6 Å². The quantitative estimate of drug-likeness (QED) is 0.742. The third-order valence-electron chi connectivity index (χ3n) is 2.80. The lowest BCUT2D eigenvalue weighted by Gasteiger charge is -2.20. The van der Waals surface area contributed by atoms with Crippen molar-refractivity contribution in [3.63, 3.8) is 0 Å². The summed E-state index contributed by atoms with van der Waals surface area (Å²) in [6.07, 6.45) is 2.63. The Kier molecular flexibility index (Phi) is 3.42. The molecule has 0 bridgehead atoms. The second kappa shape index (κ2) is 4.82. The minimum Gasteiger partial charge on any atom is -0.376 e. The summed E-state index contributed by atoms with van der Waals surface area (Å²) in [5.74, 6) is 0. The minimum atomic E-state index is 0.339. The van der Waals surface area contributed by atoms with E-state index in [0.29, 0.717) is 23.9 Å². The Labute approximate surface area is 100 Å². The number of aromatic nitrogens is 1. The number of nitriles is 1. The monoisotopic (exact) mass is 236 g/mol. The molecule has 0 amide bonds. The molecule has 0 N–H and O–H groups in total. The van der Waals surface area contributed by atoms with Gasteiger partial charge in [-0.05, 0) is 12.0 Å². The number of nitrogens with zero attached hydrogens (tertiary/aromatic N) is 2. The topological polar surface area (TPSA) is 45.9 Å². The lowest BCUT2D eigenvalue weighted by atomic mass is 9.96. The molecule has 84 valence electrons. The van der Waals surface area contributed by atoms with Gasteiger partial charge >= 0.3 is 0 Å². The van der Waals surface area contributed by atoms with Gasteiger partial charge in [-0.1, -0.05) is 24.9 Å². The summed E-state index contributed by atoms with van der Waals surface area (Å²) in [5.41, 5.74) is 3.63. The van der Waals surface area contributed by atoms with E-state index in [0.717, 1.165) is 36.1 Å². The number of hydrogen-bond donors (Lipinski definition) is 0. The first kappa shape index (κ1) is 11.4. The fourth-order valence-electron chi connectivity index (χ4n) is 2.05. The molecule has 0 fully saturated rings. The van der Waals surface area contributed by atoms with Gasteiger partial charge in [0.15, 0.2) is 0 Å². The smallest absolute Gasteiger partial charge is 0.147 e. The maximum absolute atomic E-state index is 9.11. The van der Waals surface area contributed by atoms with Gasteiger partial charge in [0.05, 0.1) is 24.5 Å². The van der Waals surface area contributed by atoms with Crippen molar-refractivity contribution in [3.8, 4) is 6.07 Å². The molecule has 0 atom stereocenters. The van der Waals surface area contributed by atoms with Crippen LogP contribution in [-0.2, 0) is 24.2 Å². The lowest BCUT2D eigenvalue weighted by molar-refractivity contribution is 0.108. The third-order valence-corrected chi connectivity index (χ3v) is 3.07. The van der Waals surface area contributed by atoms with E-state index in [1.807, 2.05) is 0 Å². The molecule has 3 nitrogen and oxygen atoms in total. The lowest BCUT2D eigenvalue weighted by Crippen LogP contribution is -2.16. The number of halogens is 1. The molecule has 2 rings (SSSR count). The van der Waals surface area contributed by atoms with E-state index in [1.165, 1.54) is 0 Å². The van der Waals surface area contributed by atoms with Crippen LogP contribution in [0.1, 0.15) is 35.7 Å². The summed E-state index contributed by atoms with van der Waals surface area (Å²) in [5, 5.41) is 9.45. The van der Waals surface area contributed by atoms with Crippen molar-refractivity contribution in [2.75, 3.05) is 6.61 Å². The van der Waals surface area contributed by atoms with Crippen LogP contribution in [0.15, 0.2) is 0 Å². The van der Waals surface area contributed by atoms with Crippen molar-refractivity contribution < 1.29 is 4.74 Å². The van der Waals surface area contributed by atoms with Crippen LogP contribution in [0.3, 0.4) is 0 Å². The van der Waals surface area contributed by atoms with E-state index in [1.54, 1.807) is 0 Å². The van der Waals surface area contributed by atoms with Crippen molar-refractivity contribution in [2.24, 2.45) is 0 Å². The van der Waals surface area contributed by atoms with E-state index in [4.69, 9.17) is 21.6 Å². The van der Waals surface area contributed by atoms with Crippen LogP contribution < -0.4 is 0 Å². The molecule has 2 heterocycles. The zero-order chi connectivity index (χ0) is 11.5. The molecule has 1 aromatic heterocycles. The van der Waals surface area contributed by atoms with E-state index >= 15 is 0 Å². The van der Waals surface area contributed by atoms with Gasteiger partial charge in [0.2, 0.25) is 0 Å². The van der Waals surface area contributed by atoms with Crippen LogP contribution in [0.25, 0.3) is 0 Å². The average Bonchev–Trinajstić information content (AvgIpc) is 2.29. The first-order chi connectivity index (χ1) is 7.77. The molecule has 0 aromatic carbocycles. The van der Waals surface area contributed by atoms with Gasteiger partial charge in [-0.3, -0.25) is 0 Å². The second-order valence-corrected chi connectivity index (χ2v) is 4.20. The van der Waals surface area contributed by atoms with Gasteiger partial charge in [-0.25, -0.2) is 4.98 Å². The Morgan fingerprint density at radius 2 is 2.38 bits per heavy atom. The number of pyridine rings is 1. The summed E-state index contributed by atoms with van der Waals surface area (Å²) < 4.78 is 5.43. The average molecular weight is 237 g/mol. The molecule has 0 unspecified atom stereocenters. The standard InChI is InChI=1S/C12H13ClN2O/c1-2-3-8-9(6-14)12(13)15-11-4-5-16-7-10(8)11/h2-5,7H2,1H3. The predicted molar refractivity (Wildman–Crippen MR) is 61.3 cm³/mol. The van der Waals surface area contributed by atoms with E-state index in [9.17, 15) is 0 Å². The van der Waals surface area contributed by atoms with Crippen molar-refractivity contribution in [1.82, 2.24) is 4.98 Å². The molecule has 1 aromatic rings. The largest absolute Gasteiger partial charge is 0.376 e. The molecule has 0 radical (unpaired) electrons. The minimum absolute atomic E-state index is 0.339. The third kappa shape index (κ3) is 1.91. The van der Waals surface area contributed by atoms with Gasteiger partial charge in [-0.15, -0.1) is 0 Å². The fourth-order valence-corrected chi connectivity index (χ4v) is 2.31. The Bertz CT molecular complexity index is 451. The van der Waals surface area contributed by atoms with Gasteiger partial charge in [0.1, 0.15) is 11.2 Å². The second-order valence-electron chi connectivity index (χ2n) is 3.85. The zero-order valence-electron chi connectivity index (χ0n) is 9.22. The maximum atomic E-state index is 9.11. The summed E-state index contributed by atoms with van der Waals surface area (Å²) in [6, 6.07) is 2.15. The molecule has 0 saturated carbocycles. The van der Waals surface area contributed by atoms with E-state index < -0.39 is 0 Å². The van der Waals surface area contributed by atoms with Crippen LogP contribution in [-0.4, -0.2) is 11.6 Å². The van der Waals surface area contributed by atoms with Crippen LogP contribution in [0, 0.1) is 11.3 Å². The summed E-state index contributed by atoms with van der Waals surface area (Å²) in [6.45, 7) is 3.34. The molecular weight excluding hydrogens is 224 g/mol. The fraction of sp³-hybridized carbons (Fsp3) is 0.500. The maximum Gasteiger partial charge on any atom is 0.147 e. The zero-order valence-corrected chi connectivity index (χ0v) is 9.97. The molecule has 4 heteroatoms. The molecule has 0 saturated heterocycles. The summed E-state index contributed by atoms with van der Waals surface area (Å²) in [7, 11) is 0. The number of rotatable bonds is 2.